The first-order valence-electron chi connectivity index (χ1n) is 7.58. The van der Waals surface area contributed by atoms with Gasteiger partial charge in [-0.25, -0.2) is 0 Å². The van der Waals surface area contributed by atoms with E-state index in [2.05, 4.69) is 56.1 Å². The van der Waals surface area contributed by atoms with Gasteiger partial charge in [0.2, 0.25) is 0 Å². The minimum absolute atomic E-state index is 0.140. The molecule has 0 aromatic heterocycles. The maximum absolute atomic E-state index is 9.84. The number of aliphatic hydroxyl groups excluding tert-OH is 1. The largest absolute Gasteiger partial charge is 0.396 e. The normalized spacial score (nSPS) is 19.1. The average molecular weight is 276 g/mol. The predicted molar refractivity (Wildman–Crippen MR) is 84.0 cm³/mol. The van der Waals surface area contributed by atoms with Crippen LogP contribution in [0, 0.1) is 19.3 Å². The van der Waals surface area contributed by atoms with Gasteiger partial charge in [-0.2, -0.15) is 0 Å². The standard InChI is InChI=1S/C17H28N2O/c1-13-5-6-15(11-14(13)2)16(17(3,4)12-20)19-9-7-18-8-10-19/h5-6,11,16,18,20H,7-10,12H2,1-4H3/t16-/m1/s1. The van der Waals surface area contributed by atoms with Crippen molar-refractivity contribution in [1.82, 2.24) is 10.2 Å². The zero-order chi connectivity index (χ0) is 14.8. The second-order valence-corrected chi connectivity index (χ2v) is 6.68. The molecule has 1 fully saturated rings. The van der Waals surface area contributed by atoms with E-state index in [9.17, 15) is 5.11 Å². The van der Waals surface area contributed by atoms with Crippen molar-refractivity contribution in [2.24, 2.45) is 5.41 Å². The van der Waals surface area contributed by atoms with Gasteiger partial charge >= 0.3 is 0 Å². The summed E-state index contributed by atoms with van der Waals surface area (Å²) in [6.45, 7) is 13.0. The van der Waals surface area contributed by atoms with Gasteiger partial charge in [0, 0.05) is 44.2 Å². The molecule has 0 saturated carbocycles. The van der Waals surface area contributed by atoms with Crippen molar-refractivity contribution < 1.29 is 5.11 Å². The topological polar surface area (TPSA) is 35.5 Å². The Labute approximate surface area is 123 Å². The van der Waals surface area contributed by atoms with Crippen LogP contribution in [-0.2, 0) is 0 Å². The van der Waals surface area contributed by atoms with E-state index in [0.717, 1.165) is 26.2 Å². The van der Waals surface area contributed by atoms with Gasteiger partial charge in [0.05, 0.1) is 0 Å². The Hall–Kier alpha value is -0.900. The highest BCUT2D eigenvalue weighted by Gasteiger charge is 2.35. The highest BCUT2D eigenvalue weighted by molar-refractivity contribution is 5.32. The van der Waals surface area contributed by atoms with Gasteiger partial charge in [-0.3, -0.25) is 4.90 Å². The SMILES string of the molecule is Cc1ccc([C@@H](N2CCNCC2)C(C)(C)CO)cc1C. The average Bonchev–Trinajstić information content (AvgIpc) is 2.44. The van der Waals surface area contributed by atoms with E-state index in [-0.39, 0.29) is 18.1 Å². The third-order valence-corrected chi connectivity index (χ3v) is 4.51. The van der Waals surface area contributed by atoms with E-state index in [0.29, 0.717) is 0 Å². The van der Waals surface area contributed by atoms with Crippen LogP contribution in [0.4, 0.5) is 0 Å². The first-order chi connectivity index (χ1) is 9.45. The van der Waals surface area contributed by atoms with Gasteiger partial charge in [-0.15, -0.1) is 0 Å². The zero-order valence-corrected chi connectivity index (χ0v) is 13.2. The lowest BCUT2D eigenvalue weighted by Gasteiger charge is -2.43. The molecule has 1 aliphatic rings. The molecule has 1 aromatic rings. The molecule has 0 aliphatic carbocycles. The lowest BCUT2D eigenvalue weighted by atomic mass is 9.79. The first kappa shape index (κ1) is 15.5. The minimum Gasteiger partial charge on any atom is -0.396 e. The van der Waals surface area contributed by atoms with Crippen LogP contribution in [-0.4, -0.2) is 42.8 Å². The Morgan fingerprint density at radius 1 is 1.20 bits per heavy atom. The van der Waals surface area contributed by atoms with Gasteiger partial charge in [0.1, 0.15) is 0 Å². The Kier molecular flexibility index (Phi) is 4.84. The number of aliphatic hydroxyl groups is 1. The van der Waals surface area contributed by atoms with Crippen LogP contribution in [0.5, 0.6) is 0 Å². The maximum atomic E-state index is 9.84. The van der Waals surface area contributed by atoms with Crippen LogP contribution < -0.4 is 5.32 Å². The minimum atomic E-state index is -0.140. The van der Waals surface area contributed by atoms with Crippen LogP contribution in [0.25, 0.3) is 0 Å². The summed E-state index contributed by atoms with van der Waals surface area (Å²) in [5, 5.41) is 13.2. The van der Waals surface area contributed by atoms with Crippen LogP contribution in [0.3, 0.4) is 0 Å². The molecule has 0 radical (unpaired) electrons. The van der Waals surface area contributed by atoms with Crippen molar-refractivity contribution in [3.8, 4) is 0 Å². The smallest absolute Gasteiger partial charge is 0.0500 e. The van der Waals surface area contributed by atoms with Crippen LogP contribution in [0.1, 0.15) is 36.6 Å². The fourth-order valence-electron chi connectivity index (χ4n) is 3.12. The summed E-state index contributed by atoms with van der Waals surface area (Å²) in [5.74, 6) is 0. The Balaban J connectivity index is 2.36. The lowest BCUT2D eigenvalue weighted by Crippen LogP contribution is -2.49. The van der Waals surface area contributed by atoms with E-state index in [4.69, 9.17) is 0 Å². The molecule has 3 nitrogen and oxygen atoms in total. The molecule has 0 spiro atoms. The van der Waals surface area contributed by atoms with Crippen molar-refractivity contribution in [2.45, 2.75) is 33.7 Å². The monoisotopic (exact) mass is 276 g/mol. The maximum Gasteiger partial charge on any atom is 0.0500 e. The zero-order valence-electron chi connectivity index (χ0n) is 13.2. The molecule has 1 heterocycles. The summed E-state index contributed by atoms with van der Waals surface area (Å²) in [6, 6.07) is 6.99. The van der Waals surface area contributed by atoms with Crippen LogP contribution >= 0.6 is 0 Å². The van der Waals surface area contributed by atoms with Crippen molar-refractivity contribution in [3.63, 3.8) is 0 Å². The van der Waals surface area contributed by atoms with Gasteiger partial charge in [-0.05, 0) is 30.5 Å². The summed E-state index contributed by atoms with van der Waals surface area (Å²) < 4.78 is 0. The number of piperazine rings is 1. The molecule has 1 atom stereocenters. The van der Waals surface area contributed by atoms with Gasteiger partial charge in [0.15, 0.2) is 0 Å². The Bertz CT molecular complexity index is 450. The van der Waals surface area contributed by atoms with E-state index in [1.54, 1.807) is 0 Å². The van der Waals surface area contributed by atoms with Crippen molar-refractivity contribution in [1.29, 1.82) is 0 Å². The molecular formula is C17H28N2O. The van der Waals surface area contributed by atoms with Crippen LogP contribution in [0.2, 0.25) is 0 Å². The molecule has 1 aromatic carbocycles. The predicted octanol–water partition coefficient (Wildman–Crippen LogP) is 2.27. The quantitative estimate of drug-likeness (QED) is 0.885. The highest BCUT2D eigenvalue weighted by atomic mass is 16.3. The van der Waals surface area contributed by atoms with E-state index in [1.165, 1.54) is 16.7 Å². The van der Waals surface area contributed by atoms with E-state index < -0.39 is 0 Å². The third-order valence-electron chi connectivity index (χ3n) is 4.51. The lowest BCUT2D eigenvalue weighted by molar-refractivity contribution is 0.0305. The number of benzene rings is 1. The Morgan fingerprint density at radius 3 is 2.40 bits per heavy atom. The summed E-state index contributed by atoms with van der Waals surface area (Å²) in [6.07, 6.45) is 0. The summed E-state index contributed by atoms with van der Waals surface area (Å²) >= 11 is 0. The summed E-state index contributed by atoms with van der Waals surface area (Å²) in [7, 11) is 0. The molecule has 1 saturated heterocycles. The molecule has 2 rings (SSSR count). The van der Waals surface area contributed by atoms with E-state index >= 15 is 0 Å². The molecule has 3 heteroatoms. The van der Waals surface area contributed by atoms with Gasteiger partial charge < -0.3 is 10.4 Å². The summed E-state index contributed by atoms with van der Waals surface area (Å²) in [4.78, 5) is 2.51. The fourth-order valence-corrected chi connectivity index (χ4v) is 3.12. The molecule has 1 aliphatic heterocycles. The van der Waals surface area contributed by atoms with Crippen molar-refractivity contribution in [2.75, 3.05) is 32.8 Å². The molecule has 0 unspecified atom stereocenters. The molecule has 112 valence electrons. The Morgan fingerprint density at radius 2 is 1.85 bits per heavy atom. The molecule has 2 N–H and O–H groups in total. The molecule has 0 amide bonds. The number of aryl methyl sites for hydroxylation is 2. The van der Waals surface area contributed by atoms with E-state index in [1.807, 2.05) is 0 Å². The third kappa shape index (κ3) is 3.22. The summed E-state index contributed by atoms with van der Waals surface area (Å²) in [5.41, 5.74) is 3.85. The second-order valence-electron chi connectivity index (χ2n) is 6.68. The van der Waals surface area contributed by atoms with Crippen molar-refractivity contribution >= 4 is 0 Å². The first-order valence-corrected chi connectivity index (χ1v) is 7.58. The van der Waals surface area contributed by atoms with Crippen LogP contribution in [0.15, 0.2) is 18.2 Å². The second kappa shape index (κ2) is 6.25. The number of rotatable bonds is 4. The number of hydrogen-bond acceptors (Lipinski definition) is 3. The molecule has 20 heavy (non-hydrogen) atoms. The number of nitrogens with one attached hydrogen (secondary N) is 1. The van der Waals surface area contributed by atoms with Gasteiger partial charge in [0.25, 0.3) is 0 Å². The number of nitrogens with zero attached hydrogens (tertiary/aromatic N) is 1. The molecular weight excluding hydrogens is 248 g/mol. The molecule has 0 bridgehead atoms. The van der Waals surface area contributed by atoms with Crippen molar-refractivity contribution in [3.05, 3.63) is 34.9 Å². The number of hydrogen-bond donors (Lipinski definition) is 2. The van der Waals surface area contributed by atoms with Gasteiger partial charge in [-0.1, -0.05) is 32.0 Å². The highest BCUT2D eigenvalue weighted by Crippen LogP contribution is 2.38. The fraction of sp³-hybridized carbons (Fsp3) is 0.647.